The molecule has 2 fully saturated rings. The molecule has 2 saturated heterocycles. The largest absolute Gasteiger partial charge is 0.492 e. The predicted octanol–water partition coefficient (Wildman–Crippen LogP) is 3.19. The molecule has 0 unspecified atom stereocenters. The third-order valence-electron chi connectivity index (χ3n) is 5.89. The molecule has 0 radical (unpaired) electrons. The second-order valence-corrected chi connectivity index (χ2v) is 8.19. The lowest BCUT2D eigenvalue weighted by atomic mass is 10.0. The Hall–Kier alpha value is -3.67. The first-order valence-corrected chi connectivity index (χ1v) is 11.2. The molecule has 0 aliphatic carbocycles. The molecule has 2 aliphatic heterocycles. The molecule has 33 heavy (non-hydrogen) atoms. The average Bonchev–Trinajstić information content (AvgIpc) is 2.84. The quantitative estimate of drug-likeness (QED) is 0.576. The molecule has 0 bridgehead atoms. The van der Waals surface area contributed by atoms with E-state index < -0.39 is 0 Å². The van der Waals surface area contributed by atoms with E-state index >= 15 is 0 Å². The second-order valence-electron chi connectivity index (χ2n) is 8.19. The number of nitriles is 1. The van der Waals surface area contributed by atoms with Gasteiger partial charge in [0.15, 0.2) is 0 Å². The monoisotopic (exact) mass is 442 g/mol. The number of nitrogens with one attached hydrogen (secondary N) is 2. The van der Waals surface area contributed by atoms with Crippen molar-refractivity contribution in [1.29, 1.82) is 5.26 Å². The van der Waals surface area contributed by atoms with Gasteiger partial charge in [-0.2, -0.15) is 5.26 Å². The molecular weight excluding hydrogens is 416 g/mol. The number of rotatable bonds is 7. The minimum atomic E-state index is 0.503. The van der Waals surface area contributed by atoms with Crippen LogP contribution in [0.5, 0.6) is 5.75 Å². The van der Waals surface area contributed by atoms with Crippen LogP contribution in [-0.4, -0.2) is 56.0 Å². The van der Waals surface area contributed by atoms with Crippen molar-refractivity contribution >= 4 is 17.3 Å². The van der Waals surface area contributed by atoms with E-state index in [1.807, 2.05) is 36.4 Å². The first kappa shape index (κ1) is 21.2. The third kappa shape index (κ3) is 5.06. The topological polar surface area (TPSA) is 95.3 Å². The molecule has 5 rings (SSSR count). The van der Waals surface area contributed by atoms with E-state index in [0.717, 1.165) is 56.3 Å². The third-order valence-corrected chi connectivity index (χ3v) is 5.89. The second kappa shape index (κ2) is 9.86. The van der Waals surface area contributed by atoms with Crippen molar-refractivity contribution in [2.75, 3.05) is 56.2 Å². The van der Waals surface area contributed by atoms with E-state index in [-0.39, 0.29) is 0 Å². The number of morpholine rings is 1. The zero-order chi connectivity index (χ0) is 22.5. The molecule has 2 aromatic carbocycles. The Morgan fingerprint density at radius 3 is 2.67 bits per heavy atom. The van der Waals surface area contributed by atoms with Gasteiger partial charge in [-0.15, -0.1) is 0 Å². The first-order chi connectivity index (χ1) is 16.3. The number of hydrogen-bond donors (Lipinski definition) is 2. The van der Waals surface area contributed by atoms with Gasteiger partial charge in [-0.3, -0.25) is 0 Å². The van der Waals surface area contributed by atoms with E-state index in [1.165, 1.54) is 5.69 Å². The number of ether oxygens (including phenoxy) is 2. The Labute approximate surface area is 193 Å². The Morgan fingerprint density at radius 1 is 1.12 bits per heavy atom. The fraction of sp³-hybridized carbons (Fsp3) is 0.320. The van der Waals surface area contributed by atoms with Gasteiger partial charge in [0.2, 0.25) is 5.95 Å². The summed E-state index contributed by atoms with van der Waals surface area (Å²) in [6.45, 7) is 5.89. The number of nitrogens with zero attached hydrogens (tertiary/aromatic N) is 4. The predicted molar refractivity (Wildman–Crippen MR) is 127 cm³/mol. The maximum Gasteiger partial charge on any atom is 0.227 e. The Kier molecular flexibility index (Phi) is 6.33. The molecule has 0 saturated carbocycles. The van der Waals surface area contributed by atoms with Crippen LogP contribution in [0.4, 0.5) is 17.3 Å². The van der Waals surface area contributed by atoms with Gasteiger partial charge in [0.05, 0.1) is 31.1 Å². The number of benzene rings is 2. The summed E-state index contributed by atoms with van der Waals surface area (Å²) in [5.41, 5.74) is 4.18. The van der Waals surface area contributed by atoms with Crippen LogP contribution >= 0.6 is 0 Å². The molecular formula is C25H26N6O2. The fourth-order valence-corrected chi connectivity index (χ4v) is 3.86. The Morgan fingerprint density at radius 2 is 1.94 bits per heavy atom. The lowest BCUT2D eigenvalue weighted by Crippen LogP contribution is -2.45. The van der Waals surface area contributed by atoms with E-state index in [1.54, 1.807) is 6.20 Å². The highest BCUT2D eigenvalue weighted by atomic mass is 16.5. The Balaban J connectivity index is 1.28. The summed E-state index contributed by atoms with van der Waals surface area (Å²) < 4.78 is 11.3. The van der Waals surface area contributed by atoms with Gasteiger partial charge in [0.1, 0.15) is 11.8 Å². The van der Waals surface area contributed by atoms with Crippen LogP contribution in [0.3, 0.4) is 0 Å². The highest BCUT2D eigenvalue weighted by molar-refractivity contribution is 5.66. The van der Waals surface area contributed by atoms with E-state index in [4.69, 9.17) is 9.47 Å². The molecule has 0 atom stereocenters. The smallest absolute Gasteiger partial charge is 0.227 e. The summed E-state index contributed by atoms with van der Waals surface area (Å²) in [6.07, 6.45) is 1.72. The summed E-state index contributed by atoms with van der Waals surface area (Å²) in [5.74, 6) is 1.62. The average molecular weight is 443 g/mol. The van der Waals surface area contributed by atoms with Crippen LogP contribution in [-0.2, 0) is 4.74 Å². The minimum absolute atomic E-state index is 0.503. The maximum absolute atomic E-state index is 9.59. The van der Waals surface area contributed by atoms with Gasteiger partial charge in [0, 0.05) is 55.2 Å². The molecule has 3 aromatic rings. The van der Waals surface area contributed by atoms with E-state index in [2.05, 4.69) is 43.7 Å². The van der Waals surface area contributed by atoms with Gasteiger partial charge >= 0.3 is 0 Å². The molecule has 0 spiro atoms. The molecule has 3 heterocycles. The van der Waals surface area contributed by atoms with Crippen LogP contribution < -0.4 is 20.3 Å². The summed E-state index contributed by atoms with van der Waals surface area (Å²) in [6, 6.07) is 17.9. The van der Waals surface area contributed by atoms with Crippen molar-refractivity contribution in [2.24, 2.45) is 5.92 Å². The first-order valence-electron chi connectivity index (χ1n) is 11.2. The van der Waals surface area contributed by atoms with Crippen LogP contribution in [0.1, 0.15) is 5.56 Å². The number of aromatic nitrogens is 2. The van der Waals surface area contributed by atoms with Crippen molar-refractivity contribution in [2.45, 2.75) is 0 Å². The van der Waals surface area contributed by atoms with Gasteiger partial charge < -0.3 is 25.0 Å². The summed E-state index contributed by atoms with van der Waals surface area (Å²) in [4.78, 5) is 11.3. The zero-order valence-corrected chi connectivity index (χ0v) is 18.3. The van der Waals surface area contributed by atoms with E-state index in [0.29, 0.717) is 29.8 Å². The minimum Gasteiger partial charge on any atom is -0.492 e. The highest BCUT2D eigenvalue weighted by Crippen LogP contribution is 2.27. The molecule has 168 valence electrons. The lowest BCUT2D eigenvalue weighted by Gasteiger charge is -2.28. The normalized spacial score (nSPS) is 16.0. The van der Waals surface area contributed by atoms with Gasteiger partial charge in [0.25, 0.3) is 0 Å². The molecule has 2 N–H and O–H groups in total. The van der Waals surface area contributed by atoms with Crippen LogP contribution in [0.25, 0.3) is 11.3 Å². The summed E-state index contributed by atoms with van der Waals surface area (Å²) in [7, 11) is 0. The van der Waals surface area contributed by atoms with Gasteiger partial charge in [-0.1, -0.05) is 0 Å². The molecule has 8 heteroatoms. The fourth-order valence-electron chi connectivity index (χ4n) is 3.86. The number of hydrogen-bond acceptors (Lipinski definition) is 8. The molecule has 8 nitrogen and oxygen atoms in total. The highest BCUT2D eigenvalue weighted by Gasteiger charge is 2.18. The van der Waals surface area contributed by atoms with Crippen molar-refractivity contribution in [3.63, 3.8) is 0 Å². The molecule has 1 aromatic heterocycles. The lowest BCUT2D eigenvalue weighted by molar-refractivity contribution is 0.122. The van der Waals surface area contributed by atoms with Crippen molar-refractivity contribution in [1.82, 2.24) is 15.3 Å². The van der Waals surface area contributed by atoms with E-state index in [9.17, 15) is 5.26 Å². The summed E-state index contributed by atoms with van der Waals surface area (Å²) in [5, 5.41) is 16.1. The molecule has 2 aliphatic rings. The SMILES string of the molecule is N#Cc1cc(-c2ccnc(Nc3ccc(N4CCOCC4)cc3)n2)ccc1OCC1CNC1. The van der Waals surface area contributed by atoms with Crippen molar-refractivity contribution in [3.8, 4) is 23.1 Å². The maximum atomic E-state index is 9.59. The standard InChI is InChI=1S/C25H26N6O2/c26-14-20-13-19(1-6-24(20)33-17-18-15-27-16-18)23-7-8-28-25(30-23)29-21-2-4-22(5-3-21)31-9-11-32-12-10-31/h1-8,13,18,27H,9-12,15-17H2,(H,28,29,30). The van der Waals surface area contributed by atoms with Gasteiger partial charge in [-0.25, -0.2) is 9.97 Å². The Bertz CT molecular complexity index is 1130. The summed E-state index contributed by atoms with van der Waals surface area (Å²) >= 11 is 0. The van der Waals surface area contributed by atoms with Gasteiger partial charge in [-0.05, 0) is 48.5 Å². The zero-order valence-electron chi connectivity index (χ0n) is 18.3. The van der Waals surface area contributed by atoms with Crippen molar-refractivity contribution in [3.05, 3.63) is 60.3 Å². The van der Waals surface area contributed by atoms with Crippen LogP contribution in [0, 0.1) is 17.2 Å². The molecule has 0 amide bonds. The van der Waals surface area contributed by atoms with Crippen molar-refractivity contribution < 1.29 is 9.47 Å². The number of anilines is 3. The van der Waals surface area contributed by atoms with Crippen LogP contribution in [0.2, 0.25) is 0 Å². The van der Waals surface area contributed by atoms with Crippen LogP contribution in [0.15, 0.2) is 54.7 Å².